The van der Waals surface area contributed by atoms with E-state index in [1.54, 1.807) is 19.3 Å². The molecule has 0 aliphatic rings. The molecule has 0 aliphatic heterocycles. The van der Waals surface area contributed by atoms with Crippen LogP contribution in [-0.2, 0) is 0 Å². The first-order chi connectivity index (χ1) is 8.24. The first-order valence-electron chi connectivity index (χ1n) is 4.83. The van der Waals surface area contributed by atoms with E-state index in [1.165, 1.54) is 11.8 Å². The number of aromatic nitrogens is 4. The molecule has 86 valence electrons. The van der Waals surface area contributed by atoms with Gasteiger partial charge in [-0.3, -0.25) is 5.10 Å². The van der Waals surface area contributed by atoms with E-state index in [4.69, 9.17) is 5.26 Å². The number of aromatic amines is 1. The molecule has 0 fully saturated rings. The molecule has 0 radical (unpaired) electrons. The first-order valence-corrected chi connectivity index (χ1v) is 6.05. The summed E-state index contributed by atoms with van der Waals surface area (Å²) in [5, 5.41) is 19.3. The maximum atomic E-state index is 9.09. The highest BCUT2D eigenvalue weighted by molar-refractivity contribution is 7.98. The largest absolute Gasteiger partial charge is 0.336 e. The van der Waals surface area contributed by atoms with Crippen molar-refractivity contribution in [2.45, 2.75) is 12.1 Å². The fourth-order valence-corrected chi connectivity index (χ4v) is 1.73. The van der Waals surface area contributed by atoms with Crippen LogP contribution in [0.4, 0.5) is 11.5 Å². The minimum Gasteiger partial charge on any atom is -0.336 e. The van der Waals surface area contributed by atoms with E-state index < -0.39 is 0 Å². The van der Waals surface area contributed by atoms with Crippen LogP contribution in [0.3, 0.4) is 0 Å². The molecule has 6 nitrogen and oxygen atoms in total. The molecule has 0 atom stereocenters. The van der Waals surface area contributed by atoms with Gasteiger partial charge >= 0.3 is 0 Å². The molecule has 0 aromatic carbocycles. The molecule has 0 saturated carbocycles. The summed E-state index contributed by atoms with van der Waals surface area (Å²) in [6.45, 7) is 1.79. The summed E-state index contributed by atoms with van der Waals surface area (Å²) in [4.78, 5) is 8.49. The highest BCUT2D eigenvalue weighted by Gasteiger charge is 2.11. The minimum atomic E-state index is 0.448. The van der Waals surface area contributed by atoms with Gasteiger partial charge in [-0.2, -0.15) is 10.4 Å². The predicted molar refractivity (Wildman–Crippen MR) is 65.1 cm³/mol. The highest BCUT2D eigenvalue weighted by atomic mass is 32.2. The SMILES string of the molecule is CSc1nc(C)c(C#N)c(Nc2cn[nH]c2)n1. The van der Waals surface area contributed by atoms with Crippen molar-refractivity contribution in [3.8, 4) is 6.07 Å². The summed E-state index contributed by atoms with van der Waals surface area (Å²) in [5.74, 6) is 0.505. The van der Waals surface area contributed by atoms with Gasteiger partial charge in [0.15, 0.2) is 11.0 Å². The molecule has 7 heteroatoms. The molecular weight excluding hydrogens is 236 g/mol. The Bertz CT molecular complexity index is 557. The van der Waals surface area contributed by atoms with Crippen LogP contribution in [0.2, 0.25) is 0 Å². The van der Waals surface area contributed by atoms with Crippen molar-refractivity contribution in [2.24, 2.45) is 0 Å². The zero-order valence-electron chi connectivity index (χ0n) is 9.35. The molecular formula is C10H10N6S. The number of anilines is 2. The normalized spacial score (nSPS) is 9.94. The molecule has 0 aliphatic carbocycles. The first kappa shape index (κ1) is 11.4. The molecule has 0 bridgehead atoms. The van der Waals surface area contributed by atoms with Gasteiger partial charge in [0.05, 0.1) is 17.6 Å². The van der Waals surface area contributed by atoms with Gasteiger partial charge in [-0.25, -0.2) is 9.97 Å². The Morgan fingerprint density at radius 2 is 2.29 bits per heavy atom. The number of aryl methyl sites for hydroxylation is 1. The van der Waals surface area contributed by atoms with E-state index in [-0.39, 0.29) is 0 Å². The predicted octanol–water partition coefficient (Wildman–Crippen LogP) is 1.85. The maximum Gasteiger partial charge on any atom is 0.189 e. The summed E-state index contributed by atoms with van der Waals surface area (Å²) in [6.07, 6.45) is 5.21. The molecule has 17 heavy (non-hydrogen) atoms. The monoisotopic (exact) mass is 246 g/mol. The number of hydrogen-bond donors (Lipinski definition) is 2. The number of nitriles is 1. The van der Waals surface area contributed by atoms with Crippen LogP contribution >= 0.6 is 11.8 Å². The molecule has 2 aromatic heterocycles. The minimum absolute atomic E-state index is 0.448. The van der Waals surface area contributed by atoms with E-state index in [0.717, 1.165) is 5.69 Å². The quantitative estimate of drug-likeness (QED) is 0.634. The van der Waals surface area contributed by atoms with Crippen molar-refractivity contribution >= 4 is 23.3 Å². The van der Waals surface area contributed by atoms with Gasteiger partial charge in [0.25, 0.3) is 0 Å². The summed E-state index contributed by atoms with van der Waals surface area (Å²) < 4.78 is 0. The van der Waals surface area contributed by atoms with Crippen molar-refractivity contribution in [1.82, 2.24) is 20.2 Å². The van der Waals surface area contributed by atoms with Gasteiger partial charge in [0.1, 0.15) is 11.6 Å². The van der Waals surface area contributed by atoms with Crippen LogP contribution in [0, 0.1) is 18.3 Å². The van der Waals surface area contributed by atoms with E-state index in [0.29, 0.717) is 22.2 Å². The van der Waals surface area contributed by atoms with Crippen molar-refractivity contribution in [3.05, 3.63) is 23.7 Å². The van der Waals surface area contributed by atoms with Crippen LogP contribution in [0.5, 0.6) is 0 Å². The number of H-pyrrole nitrogens is 1. The van der Waals surface area contributed by atoms with Gasteiger partial charge in [-0.1, -0.05) is 11.8 Å². The molecule has 2 rings (SSSR count). The van der Waals surface area contributed by atoms with E-state index in [9.17, 15) is 0 Å². The van der Waals surface area contributed by atoms with Crippen LogP contribution in [0.15, 0.2) is 17.6 Å². The summed E-state index contributed by atoms with van der Waals surface area (Å²) in [6, 6.07) is 2.10. The fraction of sp³-hybridized carbons (Fsp3) is 0.200. The summed E-state index contributed by atoms with van der Waals surface area (Å²) >= 11 is 1.43. The van der Waals surface area contributed by atoms with Crippen LogP contribution in [0.1, 0.15) is 11.3 Å². The zero-order valence-corrected chi connectivity index (χ0v) is 10.2. The lowest BCUT2D eigenvalue weighted by Crippen LogP contribution is -2.02. The average molecular weight is 246 g/mol. The standard InChI is InChI=1S/C10H10N6S/c1-6-8(3-11)9(16-10(14-6)17-2)15-7-4-12-13-5-7/h4-5H,1-2H3,(H,12,13)(H,14,15,16). The second-order valence-corrected chi connectivity index (χ2v) is 4.02. The number of nitrogens with one attached hydrogen (secondary N) is 2. The number of hydrogen-bond acceptors (Lipinski definition) is 6. The Labute approximate surface area is 102 Å². The lowest BCUT2D eigenvalue weighted by atomic mass is 10.2. The van der Waals surface area contributed by atoms with Crippen LogP contribution in [-0.4, -0.2) is 26.4 Å². The molecule has 2 N–H and O–H groups in total. The number of nitrogens with zero attached hydrogens (tertiary/aromatic N) is 4. The van der Waals surface area contributed by atoms with Gasteiger partial charge in [0.2, 0.25) is 0 Å². The number of rotatable bonds is 3. The Kier molecular flexibility index (Phi) is 3.25. The Morgan fingerprint density at radius 3 is 2.88 bits per heavy atom. The molecule has 0 amide bonds. The smallest absolute Gasteiger partial charge is 0.189 e. The topological polar surface area (TPSA) is 90.3 Å². The van der Waals surface area contributed by atoms with Gasteiger partial charge in [-0.05, 0) is 13.2 Å². The number of thioether (sulfide) groups is 1. The van der Waals surface area contributed by atoms with Crippen molar-refractivity contribution in [2.75, 3.05) is 11.6 Å². The van der Waals surface area contributed by atoms with E-state index in [2.05, 4.69) is 31.6 Å². The molecule has 2 aromatic rings. The maximum absolute atomic E-state index is 9.09. The molecule has 2 heterocycles. The van der Waals surface area contributed by atoms with Gasteiger partial charge in [0, 0.05) is 6.20 Å². The third-order valence-electron chi connectivity index (χ3n) is 2.12. The second-order valence-electron chi connectivity index (χ2n) is 3.24. The lowest BCUT2D eigenvalue weighted by molar-refractivity contribution is 0.933. The van der Waals surface area contributed by atoms with Crippen LogP contribution in [0.25, 0.3) is 0 Å². The molecule has 0 unspecified atom stereocenters. The molecule has 0 saturated heterocycles. The third kappa shape index (κ3) is 2.37. The average Bonchev–Trinajstić information content (AvgIpc) is 2.81. The van der Waals surface area contributed by atoms with Crippen molar-refractivity contribution in [3.63, 3.8) is 0 Å². The van der Waals surface area contributed by atoms with Crippen molar-refractivity contribution in [1.29, 1.82) is 5.26 Å². The van der Waals surface area contributed by atoms with E-state index >= 15 is 0 Å². The highest BCUT2D eigenvalue weighted by Crippen LogP contribution is 2.22. The summed E-state index contributed by atoms with van der Waals surface area (Å²) in [7, 11) is 0. The fourth-order valence-electron chi connectivity index (χ4n) is 1.32. The lowest BCUT2D eigenvalue weighted by Gasteiger charge is -2.08. The summed E-state index contributed by atoms with van der Waals surface area (Å²) in [5.41, 5.74) is 1.87. The van der Waals surface area contributed by atoms with Crippen molar-refractivity contribution < 1.29 is 0 Å². The zero-order chi connectivity index (χ0) is 12.3. The Hall–Kier alpha value is -2.07. The Balaban J connectivity index is 2.44. The Morgan fingerprint density at radius 1 is 1.47 bits per heavy atom. The van der Waals surface area contributed by atoms with Gasteiger partial charge in [-0.15, -0.1) is 0 Å². The second kappa shape index (κ2) is 4.84. The third-order valence-corrected chi connectivity index (χ3v) is 2.67. The van der Waals surface area contributed by atoms with E-state index in [1.807, 2.05) is 6.26 Å². The molecule has 0 spiro atoms. The van der Waals surface area contributed by atoms with Gasteiger partial charge < -0.3 is 5.32 Å². The van der Waals surface area contributed by atoms with Crippen LogP contribution < -0.4 is 5.32 Å².